The Morgan fingerprint density at radius 3 is 2.52 bits per heavy atom. The lowest BCUT2D eigenvalue weighted by molar-refractivity contribution is 0.577. The molecule has 0 amide bonds. The highest BCUT2D eigenvalue weighted by molar-refractivity contribution is 8.15. The second kappa shape index (κ2) is 8.03. The van der Waals surface area contributed by atoms with Crippen LogP contribution >= 0.6 is 23.4 Å². The first kappa shape index (κ1) is 16.6. The number of aliphatic imine (C=N–C) groups is 1. The Bertz CT molecular complexity index is 651. The molecule has 2 unspecified atom stereocenters. The molecule has 2 aromatic rings. The van der Waals surface area contributed by atoms with Gasteiger partial charge in [-0.15, -0.1) is 11.8 Å². The van der Waals surface area contributed by atoms with Gasteiger partial charge in [-0.2, -0.15) is 0 Å². The fourth-order valence-corrected chi connectivity index (χ4v) is 4.37. The number of halogens is 1. The minimum atomic E-state index is 0.241. The van der Waals surface area contributed by atoms with Crippen LogP contribution in [-0.4, -0.2) is 10.3 Å². The quantitative estimate of drug-likeness (QED) is 0.601. The molecule has 0 N–H and O–H groups in total. The van der Waals surface area contributed by atoms with Crippen molar-refractivity contribution in [1.82, 2.24) is 0 Å². The zero-order valence-electron chi connectivity index (χ0n) is 13.4. The Balaban J connectivity index is 1.88. The summed E-state index contributed by atoms with van der Waals surface area (Å²) in [4.78, 5) is 5.05. The van der Waals surface area contributed by atoms with Crippen molar-refractivity contribution in [3.63, 3.8) is 0 Å². The molecule has 3 rings (SSSR count). The second-order valence-corrected chi connectivity index (χ2v) is 7.71. The van der Waals surface area contributed by atoms with E-state index in [1.54, 1.807) is 0 Å². The fraction of sp³-hybridized carbons (Fsp3) is 0.350. The molecule has 3 heteroatoms. The molecule has 1 aliphatic rings. The van der Waals surface area contributed by atoms with Gasteiger partial charge < -0.3 is 0 Å². The largest absolute Gasteiger partial charge is 0.270 e. The van der Waals surface area contributed by atoms with Crippen molar-refractivity contribution in [3.05, 3.63) is 70.7 Å². The molecule has 1 aliphatic heterocycles. The number of rotatable bonds is 5. The van der Waals surface area contributed by atoms with Gasteiger partial charge in [-0.3, -0.25) is 4.99 Å². The molecule has 0 fully saturated rings. The smallest absolute Gasteiger partial charge is 0.0987 e. The molecular weight excluding hydrogens is 322 g/mol. The first-order valence-electron chi connectivity index (χ1n) is 8.31. The summed E-state index contributed by atoms with van der Waals surface area (Å²) in [6.45, 7) is 2.26. The van der Waals surface area contributed by atoms with E-state index in [0.717, 1.165) is 11.4 Å². The highest BCUT2D eigenvalue weighted by Gasteiger charge is 2.26. The molecule has 0 saturated heterocycles. The van der Waals surface area contributed by atoms with E-state index in [4.69, 9.17) is 16.6 Å². The number of nitrogens with zero attached hydrogens (tertiary/aromatic N) is 1. The fourth-order valence-electron chi connectivity index (χ4n) is 2.91. The lowest BCUT2D eigenvalue weighted by Gasteiger charge is -2.28. The van der Waals surface area contributed by atoms with Gasteiger partial charge in [0.25, 0.3) is 0 Å². The van der Waals surface area contributed by atoms with Crippen molar-refractivity contribution in [2.75, 3.05) is 0 Å². The SMILES string of the molecule is CCCCC1CC(c2ccc(Cl)cc2)N=C(c2ccccc2)S1. The number of hydrogen-bond acceptors (Lipinski definition) is 2. The molecule has 2 aromatic carbocycles. The Kier molecular flexibility index (Phi) is 5.80. The van der Waals surface area contributed by atoms with E-state index in [9.17, 15) is 0 Å². The number of benzene rings is 2. The molecule has 1 heterocycles. The van der Waals surface area contributed by atoms with Gasteiger partial charge in [-0.05, 0) is 30.5 Å². The zero-order chi connectivity index (χ0) is 16.1. The van der Waals surface area contributed by atoms with Crippen LogP contribution in [0.5, 0.6) is 0 Å². The summed E-state index contributed by atoms with van der Waals surface area (Å²) in [5.41, 5.74) is 2.50. The third kappa shape index (κ3) is 4.39. The average Bonchev–Trinajstić information content (AvgIpc) is 2.61. The Hall–Kier alpha value is -1.25. The molecule has 23 heavy (non-hydrogen) atoms. The maximum Gasteiger partial charge on any atom is 0.0987 e. The van der Waals surface area contributed by atoms with Gasteiger partial charge in [0.1, 0.15) is 0 Å². The van der Waals surface area contributed by atoms with E-state index in [2.05, 4.69) is 49.4 Å². The van der Waals surface area contributed by atoms with Gasteiger partial charge >= 0.3 is 0 Å². The standard InChI is InChI=1S/C20H22ClNS/c1-2-3-9-18-14-19(15-10-12-17(21)13-11-15)22-20(23-18)16-7-5-4-6-8-16/h4-8,10-13,18-19H,2-3,9,14H2,1H3. The summed E-state index contributed by atoms with van der Waals surface area (Å²) < 4.78 is 0. The molecule has 1 nitrogen and oxygen atoms in total. The van der Waals surface area contributed by atoms with Crippen LogP contribution in [0.1, 0.15) is 49.8 Å². The highest BCUT2D eigenvalue weighted by atomic mass is 35.5. The van der Waals surface area contributed by atoms with Crippen LogP contribution in [0.3, 0.4) is 0 Å². The van der Waals surface area contributed by atoms with Crippen LogP contribution in [0.25, 0.3) is 0 Å². The molecule has 0 aliphatic carbocycles. The van der Waals surface area contributed by atoms with Crippen molar-refractivity contribution in [1.29, 1.82) is 0 Å². The summed E-state index contributed by atoms with van der Waals surface area (Å²) >= 11 is 7.98. The van der Waals surface area contributed by atoms with Gasteiger partial charge in [0.05, 0.1) is 11.1 Å². The summed E-state index contributed by atoms with van der Waals surface area (Å²) in [7, 11) is 0. The number of thioether (sulfide) groups is 1. The molecule has 0 bridgehead atoms. The molecule has 0 radical (unpaired) electrons. The second-order valence-electron chi connectivity index (χ2n) is 5.99. The molecule has 120 valence electrons. The van der Waals surface area contributed by atoms with Crippen LogP contribution in [0.4, 0.5) is 0 Å². The van der Waals surface area contributed by atoms with E-state index in [1.165, 1.54) is 35.4 Å². The van der Waals surface area contributed by atoms with Gasteiger partial charge in [-0.1, -0.05) is 73.8 Å². The van der Waals surface area contributed by atoms with E-state index in [0.29, 0.717) is 5.25 Å². The van der Waals surface area contributed by atoms with E-state index < -0.39 is 0 Å². The van der Waals surface area contributed by atoms with Crippen molar-refractivity contribution >= 4 is 28.4 Å². The Labute approximate surface area is 148 Å². The number of hydrogen-bond donors (Lipinski definition) is 0. The van der Waals surface area contributed by atoms with E-state index >= 15 is 0 Å². The van der Waals surface area contributed by atoms with Crippen LogP contribution in [-0.2, 0) is 0 Å². The molecule has 2 atom stereocenters. The van der Waals surface area contributed by atoms with Gasteiger partial charge in [0.15, 0.2) is 0 Å². The van der Waals surface area contributed by atoms with Crippen LogP contribution in [0, 0.1) is 0 Å². The predicted molar refractivity (Wildman–Crippen MR) is 103 cm³/mol. The molecular formula is C20H22ClNS. The van der Waals surface area contributed by atoms with Gasteiger partial charge in [0, 0.05) is 15.8 Å². The lowest BCUT2D eigenvalue weighted by atomic mass is 9.99. The van der Waals surface area contributed by atoms with Crippen molar-refractivity contribution in [3.8, 4) is 0 Å². The van der Waals surface area contributed by atoms with Crippen LogP contribution in [0.15, 0.2) is 59.6 Å². The van der Waals surface area contributed by atoms with Crippen LogP contribution in [0.2, 0.25) is 5.02 Å². The van der Waals surface area contributed by atoms with Crippen molar-refractivity contribution < 1.29 is 0 Å². The number of unbranched alkanes of at least 4 members (excludes halogenated alkanes) is 1. The summed E-state index contributed by atoms with van der Waals surface area (Å²) in [6, 6.07) is 19.0. The summed E-state index contributed by atoms with van der Waals surface area (Å²) in [5, 5.41) is 2.61. The third-order valence-corrected chi connectivity index (χ3v) is 5.77. The van der Waals surface area contributed by atoms with Gasteiger partial charge in [-0.25, -0.2) is 0 Å². The Morgan fingerprint density at radius 1 is 1.09 bits per heavy atom. The maximum absolute atomic E-state index is 6.03. The third-order valence-electron chi connectivity index (χ3n) is 4.19. The first-order valence-corrected chi connectivity index (χ1v) is 9.57. The maximum atomic E-state index is 6.03. The topological polar surface area (TPSA) is 12.4 Å². The summed E-state index contributed by atoms with van der Waals surface area (Å²) in [5.74, 6) is 0. The monoisotopic (exact) mass is 343 g/mol. The minimum Gasteiger partial charge on any atom is -0.270 e. The molecule has 0 saturated carbocycles. The highest BCUT2D eigenvalue weighted by Crippen LogP contribution is 2.38. The molecule has 0 spiro atoms. The van der Waals surface area contributed by atoms with Crippen molar-refractivity contribution in [2.45, 2.75) is 43.9 Å². The zero-order valence-corrected chi connectivity index (χ0v) is 15.0. The van der Waals surface area contributed by atoms with E-state index in [-0.39, 0.29) is 6.04 Å². The predicted octanol–water partition coefficient (Wildman–Crippen LogP) is 6.52. The van der Waals surface area contributed by atoms with Gasteiger partial charge in [0.2, 0.25) is 0 Å². The first-order chi connectivity index (χ1) is 11.3. The van der Waals surface area contributed by atoms with Crippen molar-refractivity contribution in [2.24, 2.45) is 4.99 Å². The Morgan fingerprint density at radius 2 is 1.83 bits per heavy atom. The van der Waals surface area contributed by atoms with Crippen LogP contribution < -0.4 is 0 Å². The minimum absolute atomic E-state index is 0.241. The summed E-state index contributed by atoms with van der Waals surface area (Å²) in [6.07, 6.45) is 4.91. The molecule has 0 aromatic heterocycles. The normalized spacial score (nSPS) is 21.0. The van der Waals surface area contributed by atoms with E-state index in [1.807, 2.05) is 23.9 Å². The average molecular weight is 344 g/mol. The lowest BCUT2D eigenvalue weighted by Crippen LogP contribution is -2.18.